The van der Waals surface area contributed by atoms with Crippen molar-refractivity contribution in [3.8, 4) is 5.75 Å². The first-order valence-corrected chi connectivity index (χ1v) is 15.5. The minimum absolute atomic E-state index is 0.0784. The molecular weight excluding hydrogens is 578 g/mol. The molecule has 0 aliphatic carbocycles. The number of rotatable bonds is 10. The zero-order valence-electron chi connectivity index (χ0n) is 21.5. The van der Waals surface area contributed by atoms with Crippen molar-refractivity contribution in [3.05, 3.63) is 63.1 Å². The molecule has 1 aliphatic rings. The second kappa shape index (κ2) is 11.7. The van der Waals surface area contributed by atoms with Crippen molar-refractivity contribution in [2.75, 3.05) is 25.4 Å². The van der Waals surface area contributed by atoms with Crippen molar-refractivity contribution in [1.82, 2.24) is 14.8 Å². The molecule has 0 radical (unpaired) electrons. The fourth-order valence-corrected chi connectivity index (χ4v) is 5.56. The summed E-state index contributed by atoms with van der Waals surface area (Å²) in [6.07, 6.45) is -0.210. The number of fused-ring (bicyclic) bond motifs is 1. The predicted octanol–water partition coefficient (Wildman–Crippen LogP) is 0.572. The molecule has 1 aromatic carbocycles. The lowest BCUT2D eigenvalue weighted by molar-refractivity contribution is 0.0435. The number of carbonyl (C=O) groups is 2. The van der Waals surface area contributed by atoms with Crippen molar-refractivity contribution in [3.63, 3.8) is 0 Å². The van der Waals surface area contributed by atoms with Crippen molar-refractivity contribution >= 4 is 27.2 Å². The number of benzene rings is 1. The first-order valence-electron chi connectivity index (χ1n) is 11.9. The minimum atomic E-state index is -4.53. The lowest BCUT2D eigenvalue weighted by Gasteiger charge is -2.45. The van der Waals surface area contributed by atoms with Gasteiger partial charge in [0.1, 0.15) is 22.9 Å². The van der Waals surface area contributed by atoms with Gasteiger partial charge in [0.2, 0.25) is 5.43 Å². The fourth-order valence-electron chi connectivity index (χ4n) is 4.52. The Bertz CT molecular complexity index is 1420. The van der Waals surface area contributed by atoms with Gasteiger partial charge >= 0.3 is 15.5 Å². The van der Waals surface area contributed by atoms with Crippen LogP contribution in [-0.2, 0) is 17.7 Å². The third-order valence-electron chi connectivity index (χ3n) is 6.76. The van der Waals surface area contributed by atoms with Crippen molar-refractivity contribution < 1.29 is 52.5 Å². The zero-order valence-corrected chi connectivity index (χ0v) is 23.3. The number of hydrogen-bond donors (Lipinski definition) is 7. The summed E-state index contributed by atoms with van der Waals surface area (Å²) in [7, 11) is -8.82. The van der Waals surface area contributed by atoms with E-state index in [1.54, 1.807) is 0 Å². The SMILES string of the molecule is CC1(C)C(=O)c2c(O)c(=O)c(C(=O)NCc3ccc(F)cc3F)cn2CC1N(CCP(=O)(O)O)CC[P+](O)(O)O. The zero-order chi connectivity index (χ0) is 30.2. The van der Waals surface area contributed by atoms with E-state index in [0.29, 0.717) is 6.07 Å². The highest BCUT2D eigenvalue weighted by atomic mass is 31.2. The number of pyridine rings is 1. The van der Waals surface area contributed by atoms with Crippen LogP contribution >= 0.6 is 15.5 Å². The van der Waals surface area contributed by atoms with E-state index in [1.807, 2.05) is 0 Å². The van der Waals surface area contributed by atoms with Crippen LogP contribution in [0.15, 0.2) is 29.2 Å². The summed E-state index contributed by atoms with van der Waals surface area (Å²) in [5.74, 6) is -4.53. The molecule has 220 valence electrons. The van der Waals surface area contributed by atoms with Gasteiger partial charge in [0.05, 0.1) is 6.16 Å². The Kier molecular flexibility index (Phi) is 9.34. The molecule has 0 saturated carbocycles. The molecule has 2 heterocycles. The number of amides is 1. The van der Waals surface area contributed by atoms with Crippen LogP contribution in [0.4, 0.5) is 8.78 Å². The number of aromatic nitrogens is 1. The highest BCUT2D eigenvalue weighted by Crippen LogP contribution is 2.45. The average molecular weight is 608 g/mol. The molecule has 1 aromatic heterocycles. The molecule has 1 unspecified atom stereocenters. The van der Waals surface area contributed by atoms with Gasteiger partial charge < -0.3 is 24.8 Å². The minimum Gasteiger partial charge on any atom is -0.503 e. The number of aromatic hydroxyl groups is 1. The molecule has 1 atom stereocenters. The molecule has 1 aliphatic heterocycles. The summed E-state index contributed by atoms with van der Waals surface area (Å²) in [6, 6.07) is 1.79. The number of halogens is 2. The first kappa shape index (κ1) is 31.9. The molecule has 0 spiro atoms. The van der Waals surface area contributed by atoms with E-state index in [4.69, 9.17) is 0 Å². The number of ketones is 1. The van der Waals surface area contributed by atoms with Gasteiger partial charge in [0.15, 0.2) is 17.7 Å². The van der Waals surface area contributed by atoms with E-state index in [1.165, 1.54) is 18.7 Å². The van der Waals surface area contributed by atoms with E-state index < -0.39 is 91.6 Å². The summed E-state index contributed by atoms with van der Waals surface area (Å²) >= 11 is 0. The van der Waals surface area contributed by atoms with Gasteiger partial charge in [-0.15, -0.1) is 0 Å². The summed E-state index contributed by atoms with van der Waals surface area (Å²) in [5.41, 5.74) is -3.63. The molecule has 13 nitrogen and oxygen atoms in total. The van der Waals surface area contributed by atoms with Gasteiger partial charge in [-0.05, 0) is 6.07 Å². The molecule has 2 aromatic rings. The van der Waals surface area contributed by atoms with Gasteiger partial charge in [-0.3, -0.25) is 23.8 Å². The standard InChI is InChI=1S/C23H29F2N3O10P2/c1-23(2)17(27(5-7-39(33,34)35)6-8-40(36,37)38)12-28-11-15(19(29)20(30)18(28)21(23)31)22(32)26-10-13-3-4-14(24)9-16(13)25/h3-4,9,11,17,33-35H,5-8,10,12H2,1-2H3,(H3-,26,30,31,32,36,37,38)/p+1. The Morgan fingerprint density at radius 3 is 2.42 bits per heavy atom. The van der Waals surface area contributed by atoms with Crippen molar-refractivity contribution in [1.29, 1.82) is 0 Å². The van der Waals surface area contributed by atoms with Crippen LogP contribution < -0.4 is 10.7 Å². The van der Waals surface area contributed by atoms with Crippen LogP contribution in [0.5, 0.6) is 5.75 Å². The Morgan fingerprint density at radius 2 is 1.85 bits per heavy atom. The Morgan fingerprint density at radius 1 is 1.20 bits per heavy atom. The summed E-state index contributed by atoms with van der Waals surface area (Å²) in [5, 5.41) is 12.9. The largest absolute Gasteiger partial charge is 0.503 e. The molecule has 3 rings (SSSR count). The number of carbonyl (C=O) groups excluding carboxylic acids is 2. The van der Waals surface area contributed by atoms with Crippen LogP contribution in [0.3, 0.4) is 0 Å². The monoisotopic (exact) mass is 608 g/mol. The quantitative estimate of drug-likeness (QED) is 0.186. The molecule has 1 amide bonds. The third-order valence-corrected chi connectivity index (χ3v) is 8.35. The molecule has 0 fully saturated rings. The molecule has 7 N–H and O–H groups in total. The van der Waals surface area contributed by atoms with E-state index in [0.717, 1.165) is 22.9 Å². The van der Waals surface area contributed by atoms with Crippen LogP contribution in [0.25, 0.3) is 0 Å². The second-order valence-corrected chi connectivity index (χ2v) is 13.7. The van der Waals surface area contributed by atoms with E-state index in [2.05, 4.69) is 5.32 Å². The average Bonchev–Trinajstić information content (AvgIpc) is 2.82. The summed E-state index contributed by atoms with van der Waals surface area (Å²) in [6.45, 7) is 1.72. The van der Waals surface area contributed by atoms with Crippen LogP contribution in [0, 0.1) is 17.0 Å². The molecule has 40 heavy (non-hydrogen) atoms. The van der Waals surface area contributed by atoms with E-state index in [-0.39, 0.29) is 25.2 Å². The number of nitrogens with zero attached hydrogens (tertiary/aromatic N) is 2. The Labute approximate surface area is 227 Å². The van der Waals surface area contributed by atoms with Gasteiger partial charge in [0, 0.05) is 55.5 Å². The molecule has 17 heteroatoms. The number of hydrogen-bond acceptors (Lipinski definition) is 9. The molecule has 0 bridgehead atoms. The van der Waals surface area contributed by atoms with Crippen molar-refractivity contribution in [2.24, 2.45) is 5.41 Å². The normalized spacial score (nSPS) is 17.1. The maximum Gasteiger partial charge on any atom is 0.405 e. The predicted molar refractivity (Wildman–Crippen MR) is 139 cm³/mol. The smallest absolute Gasteiger partial charge is 0.405 e. The summed E-state index contributed by atoms with van der Waals surface area (Å²) in [4.78, 5) is 87.7. The van der Waals surface area contributed by atoms with Crippen LogP contribution in [-0.4, -0.2) is 82.2 Å². The highest BCUT2D eigenvalue weighted by Gasteiger charge is 2.48. The lowest BCUT2D eigenvalue weighted by atomic mass is 9.75. The van der Waals surface area contributed by atoms with E-state index >= 15 is 0 Å². The van der Waals surface area contributed by atoms with Gasteiger partial charge in [-0.1, -0.05) is 19.9 Å². The Balaban J connectivity index is 1.97. The maximum atomic E-state index is 13.9. The van der Waals surface area contributed by atoms with Gasteiger partial charge in [0.25, 0.3) is 5.91 Å². The van der Waals surface area contributed by atoms with Crippen LogP contribution in [0.2, 0.25) is 0 Å². The second-order valence-electron chi connectivity index (χ2n) is 10.0. The Hall–Kier alpha value is -2.61. The molecule has 0 saturated heterocycles. The summed E-state index contributed by atoms with van der Waals surface area (Å²) < 4.78 is 39.8. The van der Waals surface area contributed by atoms with Crippen molar-refractivity contribution in [2.45, 2.75) is 33.0 Å². The molecular formula is C23H30F2N3O10P2+. The topological polar surface area (TPSA) is 210 Å². The fraction of sp³-hybridized carbons (Fsp3) is 0.435. The van der Waals surface area contributed by atoms with Crippen LogP contribution in [0.1, 0.15) is 40.3 Å². The van der Waals surface area contributed by atoms with E-state index in [9.17, 15) is 57.3 Å². The maximum absolute atomic E-state index is 13.9. The van der Waals surface area contributed by atoms with Gasteiger partial charge in [-0.25, -0.2) is 8.78 Å². The first-order chi connectivity index (χ1) is 18.3. The number of nitrogens with one attached hydrogen (secondary N) is 1. The lowest BCUT2D eigenvalue weighted by Crippen LogP contribution is -2.56. The third kappa shape index (κ3) is 7.36. The highest BCUT2D eigenvalue weighted by molar-refractivity contribution is 7.58. The number of Topliss-reactive ketones (excluding diaryl/α,β-unsaturated/α-hetero) is 1. The van der Waals surface area contributed by atoms with Gasteiger partial charge in [-0.2, -0.15) is 14.7 Å².